The molecule has 1 amide bonds. The van der Waals surface area contributed by atoms with E-state index in [1.165, 1.54) is 28.6 Å². The van der Waals surface area contributed by atoms with E-state index in [0.717, 1.165) is 29.8 Å². The van der Waals surface area contributed by atoms with E-state index >= 15 is 0 Å². The first-order valence-electron chi connectivity index (χ1n) is 9.66. The van der Waals surface area contributed by atoms with Crippen molar-refractivity contribution in [1.82, 2.24) is 5.32 Å². The third-order valence-electron chi connectivity index (χ3n) is 5.63. The van der Waals surface area contributed by atoms with E-state index in [2.05, 4.69) is 17.6 Å². The number of hydrogen-bond donors (Lipinski definition) is 2. The smallest absolute Gasteiger partial charge is 0.270 e. The van der Waals surface area contributed by atoms with Gasteiger partial charge in [-0.05, 0) is 48.9 Å². The molecule has 9 heteroatoms. The summed E-state index contributed by atoms with van der Waals surface area (Å²) < 4.78 is 5.93. The number of nitrogens with zero attached hydrogens (tertiary/aromatic N) is 1. The van der Waals surface area contributed by atoms with Crippen molar-refractivity contribution < 1.29 is 14.1 Å². The quantitative estimate of drug-likeness (QED) is 0.408. The van der Waals surface area contributed by atoms with Crippen LogP contribution in [0, 0.1) is 16.0 Å². The van der Waals surface area contributed by atoms with Crippen LogP contribution in [-0.2, 0) is 12.8 Å². The molecule has 5 rings (SSSR count). The molecule has 2 aliphatic rings. The number of carbonyl (C=O) groups excluding carboxylic acids is 1. The molecule has 154 valence electrons. The van der Waals surface area contributed by atoms with Crippen LogP contribution in [0.5, 0.6) is 0 Å². The van der Waals surface area contributed by atoms with E-state index in [0.29, 0.717) is 28.0 Å². The lowest BCUT2D eigenvalue weighted by Crippen LogP contribution is -2.38. The Bertz CT molecular complexity index is 1190. The first-order valence-corrected chi connectivity index (χ1v) is 10.9. The number of amides is 1. The van der Waals surface area contributed by atoms with Crippen LogP contribution in [0.1, 0.15) is 46.1 Å². The molecule has 0 spiro atoms. The molecular formula is C21H18ClN3O4S. The minimum absolute atomic E-state index is 0.0699. The average Bonchev–Trinajstić information content (AvgIpc) is 3.32. The van der Waals surface area contributed by atoms with Crippen LogP contribution in [0.3, 0.4) is 0 Å². The summed E-state index contributed by atoms with van der Waals surface area (Å²) in [5.41, 5.74) is 2.28. The lowest BCUT2D eigenvalue weighted by atomic mass is 9.88. The number of anilines is 1. The van der Waals surface area contributed by atoms with E-state index < -0.39 is 11.1 Å². The third-order valence-corrected chi connectivity index (χ3v) is 7.14. The van der Waals surface area contributed by atoms with E-state index in [-0.39, 0.29) is 11.6 Å². The lowest BCUT2D eigenvalue weighted by Gasteiger charge is -2.25. The number of benzene rings is 1. The van der Waals surface area contributed by atoms with Crippen LogP contribution >= 0.6 is 22.9 Å². The number of nitro benzene ring substituents is 1. The standard InChI is InChI=1S/C21H18ClN3O4S/c1-10-2-4-12-17(8-10)30-21-18(12)20(26)23-19(24-21)16-7-6-15(29-16)13-9-11(25(27)28)3-5-14(13)22/h3,5-7,9-10,19,24H,2,4,8H2,1H3,(H,23,26). The zero-order valence-corrected chi connectivity index (χ0v) is 17.6. The number of rotatable bonds is 3. The first-order chi connectivity index (χ1) is 14.4. The number of furan rings is 1. The SMILES string of the molecule is CC1CCc2c(sc3c2C(=O)NC(c2ccc(-c4cc([N+](=O)[O-])ccc4Cl)o2)N3)C1. The summed E-state index contributed by atoms with van der Waals surface area (Å²) in [4.78, 5) is 24.7. The van der Waals surface area contributed by atoms with Gasteiger partial charge in [0.1, 0.15) is 16.5 Å². The second kappa shape index (κ2) is 7.14. The van der Waals surface area contributed by atoms with Gasteiger partial charge in [-0.25, -0.2) is 0 Å². The van der Waals surface area contributed by atoms with Gasteiger partial charge in [0.05, 0.1) is 15.5 Å². The largest absolute Gasteiger partial charge is 0.457 e. The van der Waals surface area contributed by atoms with Gasteiger partial charge in [-0.15, -0.1) is 11.3 Å². The van der Waals surface area contributed by atoms with Gasteiger partial charge in [0.2, 0.25) is 0 Å². The number of thiophene rings is 1. The number of hydrogen-bond acceptors (Lipinski definition) is 6. The normalized spacial score (nSPS) is 20.1. The summed E-state index contributed by atoms with van der Waals surface area (Å²) >= 11 is 7.87. The predicted octanol–water partition coefficient (Wildman–Crippen LogP) is 5.55. The van der Waals surface area contributed by atoms with Crippen molar-refractivity contribution in [3.8, 4) is 11.3 Å². The van der Waals surface area contributed by atoms with Crippen molar-refractivity contribution in [3.63, 3.8) is 0 Å². The number of nitrogens with one attached hydrogen (secondary N) is 2. The monoisotopic (exact) mass is 443 g/mol. The van der Waals surface area contributed by atoms with Crippen molar-refractivity contribution in [2.45, 2.75) is 32.4 Å². The number of carbonyl (C=O) groups is 1. The van der Waals surface area contributed by atoms with E-state index in [4.69, 9.17) is 16.0 Å². The number of halogens is 1. The minimum Gasteiger partial charge on any atom is -0.457 e. The summed E-state index contributed by atoms with van der Waals surface area (Å²) in [5, 5.41) is 18.6. The van der Waals surface area contributed by atoms with Crippen molar-refractivity contribution in [1.29, 1.82) is 0 Å². The van der Waals surface area contributed by atoms with Crippen LogP contribution in [-0.4, -0.2) is 10.8 Å². The maximum Gasteiger partial charge on any atom is 0.270 e. The molecule has 0 radical (unpaired) electrons. The summed E-state index contributed by atoms with van der Waals surface area (Å²) in [7, 11) is 0. The summed E-state index contributed by atoms with van der Waals surface area (Å²) in [5.74, 6) is 1.43. The van der Waals surface area contributed by atoms with Crippen molar-refractivity contribution in [2.75, 3.05) is 5.32 Å². The maximum absolute atomic E-state index is 12.9. The van der Waals surface area contributed by atoms with Crippen molar-refractivity contribution >= 4 is 39.5 Å². The molecule has 2 unspecified atom stereocenters. The molecule has 2 aromatic heterocycles. The molecule has 2 atom stereocenters. The lowest BCUT2D eigenvalue weighted by molar-refractivity contribution is -0.384. The number of fused-ring (bicyclic) bond motifs is 3. The van der Waals surface area contributed by atoms with Crippen LogP contribution in [0.4, 0.5) is 10.7 Å². The predicted molar refractivity (Wildman–Crippen MR) is 115 cm³/mol. The van der Waals surface area contributed by atoms with E-state index in [1.54, 1.807) is 23.5 Å². The van der Waals surface area contributed by atoms with Gasteiger partial charge in [-0.1, -0.05) is 18.5 Å². The highest BCUT2D eigenvalue weighted by Crippen LogP contribution is 2.43. The Morgan fingerprint density at radius 1 is 1.27 bits per heavy atom. The molecule has 1 aliphatic carbocycles. The van der Waals surface area contributed by atoms with Gasteiger partial charge >= 0.3 is 0 Å². The molecule has 1 aliphatic heterocycles. The van der Waals surface area contributed by atoms with Crippen molar-refractivity contribution in [2.24, 2.45) is 5.92 Å². The Hall–Kier alpha value is -2.84. The second-order valence-electron chi connectivity index (χ2n) is 7.73. The number of non-ortho nitro benzene ring substituents is 1. The summed E-state index contributed by atoms with van der Waals surface area (Å²) in [6.45, 7) is 2.24. The molecule has 2 N–H and O–H groups in total. The molecule has 0 saturated carbocycles. The fraction of sp³-hybridized carbons (Fsp3) is 0.286. The maximum atomic E-state index is 12.9. The fourth-order valence-corrected chi connectivity index (χ4v) is 5.72. The Balaban J connectivity index is 1.45. The van der Waals surface area contributed by atoms with Crippen LogP contribution in [0.2, 0.25) is 5.02 Å². The highest BCUT2D eigenvalue weighted by Gasteiger charge is 2.34. The molecule has 3 aromatic rings. The Labute approximate surface area is 181 Å². The first kappa shape index (κ1) is 19.1. The Morgan fingerprint density at radius 3 is 2.90 bits per heavy atom. The minimum atomic E-state index is -0.520. The van der Waals surface area contributed by atoms with Gasteiger partial charge in [0.15, 0.2) is 6.17 Å². The molecule has 0 bridgehead atoms. The molecule has 30 heavy (non-hydrogen) atoms. The fourth-order valence-electron chi connectivity index (χ4n) is 4.07. The molecule has 7 nitrogen and oxygen atoms in total. The molecular weight excluding hydrogens is 426 g/mol. The number of nitro groups is 1. The highest BCUT2D eigenvalue weighted by molar-refractivity contribution is 7.16. The second-order valence-corrected chi connectivity index (χ2v) is 9.24. The molecule has 0 saturated heterocycles. The highest BCUT2D eigenvalue weighted by atomic mass is 35.5. The topological polar surface area (TPSA) is 97.4 Å². The van der Waals surface area contributed by atoms with Crippen LogP contribution in [0.15, 0.2) is 34.7 Å². The Morgan fingerprint density at radius 2 is 2.10 bits per heavy atom. The van der Waals surface area contributed by atoms with Gasteiger partial charge in [-0.3, -0.25) is 14.9 Å². The van der Waals surface area contributed by atoms with Crippen molar-refractivity contribution in [3.05, 3.63) is 67.2 Å². The third kappa shape index (κ3) is 3.16. The van der Waals surface area contributed by atoms with Gasteiger partial charge in [0.25, 0.3) is 11.6 Å². The summed E-state index contributed by atoms with van der Waals surface area (Å²) in [6.07, 6.45) is 2.51. The summed E-state index contributed by atoms with van der Waals surface area (Å²) in [6, 6.07) is 7.64. The van der Waals surface area contributed by atoms with Gasteiger partial charge < -0.3 is 15.1 Å². The van der Waals surface area contributed by atoms with Gasteiger partial charge in [-0.2, -0.15) is 0 Å². The zero-order chi connectivity index (χ0) is 21.0. The van der Waals surface area contributed by atoms with Gasteiger partial charge in [0, 0.05) is 22.6 Å². The molecule has 3 heterocycles. The van der Waals surface area contributed by atoms with Crippen LogP contribution < -0.4 is 10.6 Å². The molecule has 0 fully saturated rings. The van der Waals surface area contributed by atoms with E-state index in [1.807, 2.05) is 0 Å². The van der Waals surface area contributed by atoms with E-state index in [9.17, 15) is 14.9 Å². The van der Waals surface area contributed by atoms with Crippen LogP contribution in [0.25, 0.3) is 11.3 Å². The molecule has 1 aromatic carbocycles. The Kier molecular flexibility index (Phi) is 4.56. The zero-order valence-electron chi connectivity index (χ0n) is 16.0. The average molecular weight is 444 g/mol.